The van der Waals surface area contributed by atoms with Crippen molar-refractivity contribution in [3.05, 3.63) is 56.7 Å². The van der Waals surface area contributed by atoms with E-state index in [1.807, 2.05) is 0 Å². The van der Waals surface area contributed by atoms with Crippen LogP contribution in [0.15, 0.2) is 41.8 Å². The molecule has 2 aromatic heterocycles. The van der Waals surface area contributed by atoms with E-state index in [0.29, 0.717) is 28.1 Å². The minimum absolute atomic E-state index is 0.0199. The van der Waals surface area contributed by atoms with Crippen LogP contribution in [0.4, 0.5) is 17.1 Å². The number of nitrogens with zero attached hydrogens (tertiary/aromatic N) is 3. The average Bonchev–Trinajstić information content (AvgIpc) is 3.52. The smallest absolute Gasteiger partial charge is 0.289 e. The summed E-state index contributed by atoms with van der Waals surface area (Å²) in [5.74, 6) is -2.38. The molecule has 15 heteroatoms. The van der Waals surface area contributed by atoms with E-state index in [1.165, 1.54) is 23.6 Å². The fourth-order valence-electron chi connectivity index (χ4n) is 3.11. The van der Waals surface area contributed by atoms with Crippen LogP contribution >= 0.6 is 34.5 Å². The molecule has 4 rings (SSSR count). The van der Waals surface area contributed by atoms with E-state index in [1.54, 1.807) is 23.1 Å². The van der Waals surface area contributed by atoms with Crippen LogP contribution in [0.1, 0.15) is 20.2 Å². The van der Waals surface area contributed by atoms with Crippen molar-refractivity contribution in [2.45, 2.75) is 0 Å². The molecular weight excluding hydrogens is 526 g/mol. The summed E-state index contributed by atoms with van der Waals surface area (Å²) in [6.07, 6.45) is 0. The molecule has 1 aromatic carbocycles. The van der Waals surface area contributed by atoms with Gasteiger partial charge in [-0.25, -0.2) is 0 Å². The van der Waals surface area contributed by atoms with Gasteiger partial charge in [0.05, 0.1) is 21.4 Å². The van der Waals surface area contributed by atoms with Crippen LogP contribution < -0.4 is 15.1 Å². The van der Waals surface area contributed by atoms with Gasteiger partial charge in [-0.3, -0.25) is 29.4 Å². The third-order valence-electron chi connectivity index (χ3n) is 4.63. The highest BCUT2D eigenvalue weighted by atomic mass is 35.5. The Kier molecular flexibility index (Phi) is 6.86. The molecule has 0 atom stereocenters. The highest BCUT2D eigenvalue weighted by Crippen LogP contribution is 2.28. The summed E-state index contributed by atoms with van der Waals surface area (Å²) in [4.78, 5) is 28.5. The first-order valence-corrected chi connectivity index (χ1v) is 13.1. The molecule has 2 amide bonds. The lowest BCUT2D eigenvalue weighted by Crippen LogP contribution is -2.36. The quantitative estimate of drug-likeness (QED) is 0.385. The first-order valence-electron chi connectivity index (χ1n) is 9.49. The van der Waals surface area contributed by atoms with E-state index in [-0.39, 0.29) is 23.1 Å². The lowest BCUT2D eigenvalue weighted by Gasteiger charge is -2.22. The number of carbonyl (C=O) groups is 2. The van der Waals surface area contributed by atoms with Gasteiger partial charge in [0, 0.05) is 16.8 Å². The summed E-state index contributed by atoms with van der Waals surface area (Å²) in [7, 11) is -4.60. The van der Waals surface area contributed by atoms with Crippen LogP contribution in [0.3, 0.4) is 0 Å². The standard InChI is InChI=1S/C19H16ClN5O6S3/c20-15-6-5-14(33-15)17(26)22-13-9-32-23-16(13)18(27)25(10-34(28,29)30)12-3-1-11(2-4-12)24-7-8-31-19(24)21/h1-6,9,21H,7-8,10H2,(H,22,26)(H,28,29,30). The molecule has 0 radical (unpaired) electrons. The molecule has 3 heterocycles. The Balaban J connectivity index is 1.61. The van der Waals surface area contributed by atoms with Crippen LogP contribution in [0.2, 0.25) is 4.34 Å². The van der Waals surface area contributed by atoms with Crippen molar-refractivity contribution in [3.8, 4) is 0 Å². The van der Waals surface area contributed by atoms with Gasteiger partial charge in [-0.1, -0.05) is 11.6 Å². The molecule has 178 valence electrons. The number of anilines is 3. The highest BCUT2D eigenvalue weighted by molar-refractivity contribution is 7.85. The molecule has 1 fully saturated rings. The lowest BCUT2D eigenvalue weighted by atomic mass is 10.2. The summed E-state index contributed by atoms with van der Waals surface area (Å²) in [6, 6.07) is 9.20. The number of hydrogen-bond donors (Lipinski definition) is 3. The molecule has 3 N–H and O–H groups in total. The van der Waals surface area contributed by atoms with E-state index in [9.17, 15) is 22.6 Å². The van der Waals surface area contributed by atoms with E-state index >= 15 is 0 Å². The van der Waals surface area contributed by atoms with Gasteiger partial charge >= 0.3 is 0 Å². The zero-order valence-electron chi connectivity index (χ0n) is 17.1. The predicted molar refractivity (Wildman–Crippen MR) is 130 cm³/mol. The second kappa shape index (κ2) is 9.68. The third kappa shape index (κ3) is 5.37. The van der Waals surface area contributed by atoms with Gasteiger partial charge in [0.25, 0.3) is 28.0 Å². The first kappa shape index (κ1) is 24.1. The van der Waals surface area contributed by atoms with Crippen molar-refractivity contribution in [2.75, 3.05) is 34.1 Å². The zero-order valence-corrected chi connectivity index (χ0v) is 20.3. The number of hydrogen-bond acceptors (Lipinski definition) is 9. The Labute approximate surface area is 206 Å². The van der Waals surface area contributed by atoms with E-state index < -0.39 is 27.8 Å². The number of nitrogens with one attached hydrogen (secondary N) is 2. The Morgan fingerprint density at radius 3 is 2.59 bits per heavy atom. The summed E-state index contributed by atoms with van der Waals surface area (Å²) >= 11 is 7.82. The molecule has 0 saturated carbocycles. The second-order valence-electron chi connectivity index (χ2n) is 6.90. The fraction of sp³-hybridized carbons (Fsp3) is 0.158. The third-order valence-corrected chi connectivity index (χ3v) is 7.07. The Morgan fingerprint density at radius 2 is 2.00 bits per heavy atom. The van der Waals surface area contributed by atoms with Crippen molar-refractivity contribution < 1.29 is 27.3 Å². The Morgan fingerprint density at radius 1 is 1.26 bits per heavy atom. The number of aromatic nitrogens is 1. The molecule has 1 saturated heterocycles. The maximum Gasteiger partial charge on any atom is 0.289 e. The van der Waals surface area contributed by atoms with Gasteiger partial charge in [-0.05, 0) is 47.9 Å². The normalized spacial score (nSPS) is 13.6. The number of rotatable bonds is 7. The SMILES string of the molecule is N=C1OCCN1c1ccc(N(CS(=O)(=O)O)C(=O)c2nscc2NC(=O)c2ccc(Cl)s2)cc1. The maximum absolute atomic E-state index is 13.3. The van der Waals surface area contributed by atoms with Gasteiger partial charge in [-0.2, -0.15) is 12.8 Å². The number of amides is 2. The van der Waals surface area contributed by atoms with Crippen LogP contribution in [0.5, 0.6) is 0 Å². The summed E-state index contributed by atoms with van der Waals surface area (Å²) in [6.45, 7) is 0.840. The molecule has 0 spiro atoms. The van der Waals surface area contributed by atoms with Crippen molar-refractivity contribution in [1.82, 2.24) is 4.37 Å². The van der Waals surface area contributed by atoms with Gasteiger partial charge in [-0.15, -0.1) is 11.3 Å². The van der Waals surface area contributed by atoms with Crippen molar-refractivity contribution in [1.29, 1.82) is 5.41 Å². The van der Waals surface area contributed by atoms with Crippen molar-refractivity contribution in [2.24, 2.45) is 0 Å². The van der Waals surface area contributed by atoms with Crippen LogP contribution in [-0.4, -0.2) is 54.2 Å². The molecule has 34 heavy (non-hydrogen) atoms. The second-order valence-corrected chi connectivity index (χ2v) is 10.7. The topological polar surface area (TPSA) is 153 Å². The van der Waals surface area contributed by atoms with Gasteiger partial charge < -0.3 is 10.1 Å². The van der Waals surface area contributed by atoms with Gasteiger partial charge in [0.2, 0.25) is 0 Å². The van der Waals surface area contributed by atoms with E-state index in [2.05, 4.69) is 9.69 Å². The lowest BCUT2D eigenvalue weighted by molar-refractivity contribution is 0.0987. The Hall–Kier alpha value is -3.04. The van der Waals surface area contributed by atoms with Crippen LogP contribution in [0.25, 0.3) is 0 Å². The summed E-state index contributed by atoms with van der Waals surface area (Å²) in [5.41, 5.74) is 0.669. The van der Waals surface area contributed by atoms with Gasteiger partial charge in [0.1, 0.15) is 6.61 Å². The molecule has 11 nitrogen and oxygen atoms in total. The molecule has 1 aliphatic heterocycles. The number of thiophene rings is 1. The van der Waals surface area contributed by atoms with E-state index in [0.717, 1.165) is 27.8 Å². The molecule has 1 aliphatic rings. The summed E-state index contributed by atoms with van der Waals surface area (Å²) < 4.78 is 42.3. The minimum Gasteiger partial charge on any atom is -0.463 e. The summed E-state index contributed by atoms with van der Waals surface area (Å²) in [5, 5.41) is 11.8. The van der Waals surface area contributed by atoms with Crippen LogP contribution in [0, 0.1) is 5.41 Å². The van der Waals surface area contributed by atoms with Gasteiger partial charge in [0.15, 0.2) is 11.6 Å². The maximum atomic E-state index is 13.3. The zero-order chi connectivity index (χ0) is 24.5. The number of carbonyl (C=O) groups excluding carboxylic acids is 2. The minimum atomic E-state index is -4.60. The van der Waals surface area contributed by atoms with Crippen molar-refractivity contribution >= 4 is 79.5 Å². The molecule has 3 aromatic rings. The fourth-order valence-corrected chi connectivity index (χ4v) is 5.25. The number of amidine groups is 1. The predicted octanol–water partition coefficient (Wildman–Crippen LogP) is 3.37. The molecule has 0 unspecified atom stereocenters. The number of benzene rings is 1. The average molecular weight is 542 g/mol. The van der Waals surface area contributed by atoms with Crippen molar-refractivity contribution in [3.63, 3.8) is 0 Å². The largest absolute Gasteiger partial charge is 0.463 e. The first-order chi connectivity index (χ1) is 16.1. The molecule has 0 aliphatic carbocycles. The highest BCUT2D eigenvalue weighted by Gasteiger charge is 2.28. The molecule has 0 bridgehead atoms. The van der Waals surface area contributed by atoms with Crippen LogP contribution in [-0.2, 0) is 14.9 Å². The number of halogens is 1. The molecular formula is C19H16ClN5O6S3. The van der Waals surface area contributed by atoms with E-state index in [4.69, 9.17) is 21.7 Å². The number of ether oxygens (including phenoxy) is 1. The Bertz CT molecular complexity index is 1350. The monoisotopic (exact) mass is 541 g/mol.